The third-order valence-electron chi connectivity index (χ3n) is 3.28. The molecule has 5 heteroatoms. The number of hydrogen-bond acceptors (Lipinski definition) is 4. The Kier molecular flexibility index (Phi) is 5.82. The number of carbonyl (C=O) groups excluding carboxylic acids is 2. The molecule has 0 heterocycles. The summed E-state index contributed by atoms with van der Waals surface area (Å²) in [5.74, 6) is -0.142. The number of anilines is 1. The maximum Gasteiger partial charge on any atom is 0.337 e. The summed E-state index contributed by atoms with van der Waals surface area (Å²) in [5, 5.41) is 2.82. The van der Waals surface area contributed by atoms with Crippen molar-refractivity contribution >= 4 is 29.3 Å². The van der Waals surface area contributed by atoms with Crippen LogP contribution >= 0.6 is 11.8 Å². The van der Waals surface area contributed by atoms with Gasteiger partial charge in [0, 0.05) is 10.6 Å². The van der Waals surface area contributed by atoms with E-state index in [0.717, 1.165) is 4.90 Å². The number of nitrogens with one attached hydrogen (secondary N) is 1. The summed E-state index contributed by atoms with van der Waals surface area (Å²) in [6.45, 7) is 4.09. The second-order valence-corrected chi connectivity index (χ2v) is 6.19. The van der Waals surface area contributed by atoms with Crippen molar-refractivity contribution in [1.29, 1.82) is 0 Å². The van der Waals surface area contributed by atoms with Crippen molar-refractivity contribution in [3.8, 4) is 0 Å². The van der Waals surface area contributed by atoms with Gasteiger partial charge in [0.2, 0.25) is 5.91 Å². The van der Waals surface area contributed by atoms with Crippen molar-refractivity contribution in [1.82, 2.24) is 0 Å². The zero-order valence-electron chi connectivity index (χ0n) is 13.4. The third-order valence-corrected chi connectivity index (χ3v) is 4.45. The van der Waals surface area contributed by atoms with Crippen LogP contribution in [0.1, 0.15) is 21.5 Å². The predicted octanol–water partition coefficient (Wildman–Crippen LogP) is 3.82. The van der Waals surface area contributed by atoms with E-state index in [-0.39, 0.29) is 5.91 Å². The predicted molar refractivity (Wildman–Crippen MR) is 93.1 cm³/mol. The number of rotatable bonds is 5. The Morgan fingerprint density at radius 3 is 2.39 bits per heavy atom. The number of methoxy groups -OCH3 is 1. The molecule has 0 aliphatic carbocycles. The number of aryl methyl sites for hydroxylation is 2. The molecule has 0 saturated heterocycles. The normalized spacial score (nSPS) is 10.2. The van der Waals surface area contributed by atoms with Crippen molar-refractivity contribution in [2.24, 2.45) is 0 Å². The minimum atomic E-state index is -0.395. The first-order chi connectivity index (χ1) is 11.0. The molecule has 23 heavy (non-hydrogen) atoms. The van der Waals surface area contributed by atoms with Crippen LogP contribution in [0.2, 0.25) is 0 Å². The number of esters is 1. The molecule has 0 fully saturated rings. The molecule has 0 bridgehead atoms. The minimum absolute atomic E-state index is 0.0826. The highest BCUT2D eigenvalue weighted by molar-refractivity contribution is 8.00. The summed E-state index contributed by atoms with van der Waals surface area (Å²) in [7, 11) is 1.34. The molecule has 120 valence electrons. The Bertz CT molecular complexity index is 711. The number of amides is 1. The minimum Gasteiger partial charge on any atom is -0.465 e. The van der Waals surface area contributed by atoms with Gasteiger partial charge in [-0.3, -0.25) is 4.79 Å². The first kappa shape index (κ1) is 17.1. The average molecular weight is 329 g/mol. The van der Waals surface area contributed by atoms with E-state index in [4.69, 9.17) is 0 Å². The maximum atomic E-state index is 12.0. The van der Waals surface area contributed by atoms with Crippen molar-refractivity contribution in [3.05, 3.63) is 59.2 Å². The van der Waals surface area contributed by atoms with Crippen LogP contribution in [-0.2, 0) is 9.53 Å². The molecule has 2 aromatic rings. The molecule has 0 spiro atoms. The van der Waals surface area contributed by atoms with Crippen molar-refractivity contribution in [3.63, 3.8) is 0 Å². The van der Waals surface area contributed by atoms with E-state index in [2.05, 4.69) is 16.1 Å². The van der Waals surface area contributed by atoms with Gasteiger partial charge < -0.3 is 10.1 Å². The fraction of sp³-hybridized carbons (Fsp3) is 0.222. The zero-order valence-corrected chi connectivity index (χ0v) is 14.2. The highest BCUT2D eigenvalue weighted by Gasteiger charge is 2.08. The Hall–Kier alpha value is -2.27. The topological polar surface area (TPSA) is 55.4 Å². The van der Waals surface area contributed by atoms with E-state index in [1.165, 1.54) is 30.0 Å². The van der Waals surface area contributed by atoms with E-state index in [0.29, 0.717) is 17.0 Å². The van der Waals surface area contributed by atoms with E-state index in [1.807, 2.05) is 26.0 Å². The lowest BCUT2D eigenvalue weighted by atomic mass is 10.2. The molecule has 0 saturated carbocycles. The lowest BCUT2D eigenvalue weighted by Gasteiger charge is -2.08. The second-order valence-electron chi connectivity index (χ2n) is 5.17. The van der Waals surface area contributed by atoms with E-state index >= 15 is 0 Å². The van der Waals surface area contributed by atoms with Gasteiger partial charge in [-0.05, 0) is 49.7 Å². The van der Waals surface area contributed by atoms with Gasteiger partial charge in [0.15, 0.2) is 0 Å². The Morgan fingerprint density at radius 1 is 1.09 bits per heavy atom. The molecule has 2 aromatic carbocycles. The lowest BCUT2D eigenvalue weighted by Crippen LogP contribution is -2.14. The van der Waals surface area contributed by atoms with Crippen LogP contribution in [-0.4, -0.2) is 24.7 Å². The molecule has 2 rings (SSSR count). The maximum absolute atomic E-state index is 12.0. The van der Waals surface area contributed by atoms with Crippen molar-refractivity contribution < 1.29 is 14.3 Å². The van der Waals surface area contributed by atoms with Gasteiger partial charge >= 0.3 is 5.97 Å². The Morgan fingerprint density at radius 2 is 1.78 bits per heavy atom. The summed E-state index contributed by atoms with van der Waals surface area (Å²) in [5.41, 5.74) is 3.49. The van der Waals surface area contributed by atoms with Gasteiger partial charge in [-0.25, -0.2) is 4.79 Å². The molecular weight excluding hydrogens is 310 g/mol. The van der Waals surface area contributed by atoms with Crippen molar-refractivity contribution in [2.75, 3.05) is 18.2 Å². The lowest BCUT2D eigenvalue weighted by molar-refractivity contribution is -0.113. The molecule has 0 atom stereocenters. The number of hydrogen-bond donors (Lipinski definition) is 1. The molecule has 4 nitrogen and oxygen atoms in total. The largest absolute Gasteiger partial charge is 0.465 e. The Balaban J connectivity index is 1.90. The van der Waals surface area contributed by atoms with E-state index in [1.54, 1.807) is 24.3 Å². The second kappa shape index (κ2) is 7.83. The number of carbonyl (C=O) groups is 2. The molecule has 0 aliphatic heterocycles. The fourth-order valence-corrected chi connectivity index (χ4v) is 2.92. The molecule has 0 unspecified atom stereocenters. The third kappa shape index (κ3) is 4.86. The van der Waals surface area contributed by atoms with Gasteiger partial charge in [0.1, 0.15) is 0 Å². The molecule has 1 N–H and O–H groups in total. The van der Waals surface area contributed by atoms with Gasteiger partial charge in [-0.15, -0.1) is 11.8 Å². The van der Waals surface area contributed by atoms with Gasteiger partial charge in [0.25, 0.3) is 0 Å². The molecule has 0 aromatic heterocycles. The van der Waals surface area contributed by atoms with Crippen LogP contribution < -0.4 is 5.32 Å². The monoisotopic (exact) mass is 329 g/mol. The first-order valence-corrected chi connectivity index (χ1v) is 8.16. The van der Waals surface area contributed by atoms with Crippen LogP contribution in [0.25, 0.3) is 0 Å². The van der Waals surface area contributed by atoms with Crippen LogP contribution in [0, 0.1) is 13.8 Å². The highest BCUT2D eigenvalue weighted by Crippen LogP contribution is 2.23. The van der Waals surface area contributed by atoms with Gasteiger partial charge in [-0.2, -0.15) is 0 Å². The molecular formula is C18H19NO3S. The van der Waals surface area contributed by atoms with Crippen LogP contribution in [0.4, 0.5) is 5.69 Å². The standard InChI is InChI=1S/C18H19NO3S/c1-12-4-9-16(13(2)10-12)23-11-17(20)19-15-7-5-14(6-8-15)18(21)22-3/h4-10H,11H2,1-3H3,(H,19,20). The number of benzene rings is 2. The fourth-order valence-electron chi connectivity index (χ4n) is 2.11. The number of thioether (sulfide) groups is 1. The Labute approximate surface area is 140 Å². The van der Waals surface area contributed by atoms with Gasteiger partial charge in [-0.1, -0.05) is 17.7 Å². The van der Waals surface area contributed by atoms with Gasteiger partial charge in [0.05, 0.1) is 18.4 Å². The van der Waals surface area contributed by atoms with E-state index < -0.39 is 5.97 Å². The average Bonchev–Trinajstić information content (AvgIpc) is 2.54. The van der Waals surface area contributed by atoms with Crippen LogP contribution in [0.3, 0.4) is 0 Å². The smallest absolute Gasteiger partial charge is 0.337 e. The van der Waals surface area contributed by atoms with Crippen LogP contribution in [0.5, 0.6) is 0 Å². The first-order valence-electron chi connectivity index (χ1n) is 7.18. The molecule has 0 aliphatic rings. The molecule has 1 amide bonds. The highest BCUT2D eigenvalue weighted by atomic mass is 32.2. The molecule has 0 radical (unpaired) electrons. The zero-order chi connectivity index (χ0) is 16.8. The van der Waals surface area contributed by atoms with Crippen molar-refractivity contribution in [2.45, 2.75) is 18.7 Å². The quantitative estimate of drug-likeness (QED) is 0.669. The van der Waals surface area contributed by atoms with Crippen LogP contribution in [0.15, 0.2) is 47.4 Å². The summed E-state index contributed by atoms with van der Waals surface area (Å²) < 4.78 is 4.63. The van der Waals surface area contributed by atoms with E-state index in [9.17, 15) is 9.59 Å². The summed E-state index contributed by atoms with van der Waals surface area (Å²) in [4.78, 5) is 24.5. The summed E-state index contributed by atoms with van der Waals surface area (Å²) in [6.07, 6.45) is 0. The summed E-state index contributed by atoms with van der Waals surface area (Å²) in [6, 6.07) is 12.8. The SMILES string of the molecule is COC(=O)c1ccc(NC(=O)CSc2ccc(C)cc2C)cc1. The summed E-state index contributed by atoms with van der Waals surface area (Å²) >= 11 is 1.51. The number of ether oxygens (including phenoxy) is 1.